The van der Waals surface area contributed by atoms with Gasteiger partial charge in [-0.25, -0.2) is 0 Å². The van der Waals surface area contributed by atoms with Gasteiger partial charge in [-0.1, -0.05) is 12.6 Å². The van der Waals surface area contributed by atoms with Crippen LogP contribution in [0.15, 0.2) is 24.8 Å². The van der Waals surface area contributed by atoms with E-state index in [4.69, 9.17) is 0 Å². The highest BCUT2D eigenvalue weighted by Crippen LogP contribution is 2.19. The molecule has 0 atom stereocenters. The molecule has 18 heavy (non-hydrogen) atoms. The van der Waals surface area contributed by atoms with E-state index in [0.29, 0.717) is 0 Å². The molecular weight excluding hydrogens is 224 g/mol. The second-order valence-corrected chi connectivity index (χ2v) is 4.76. The van der Waals surface area contributed by atoms with Crippen LogP contribution in [0.3, 0.4) is 0 Å². The van der Waals surface area contributed by atoms with Gasteiger partial charge in [0.2, 0.25) is 0 Å². The molecule has 1 saturated heterocycles. The first-order valence-corrected chi connectivity index (χ1v) is 6.40. The Labute approximate surface area is 108 Å². The molecule has 1 amide bonds. The van der Waals surface area contributed by atoms with Gasteiger partial charge in [0, 0.05) is 31.4 Å². The standard InChI is InChI=1S/C15H20N2O/c1-11-10-13(12(2)16-3)6-7-14(11)15(18)17-8-4-5-9-17/h6-7,10,16H,2,4-5,8-9H2,1,3H3. The van der Waals surface area contributed by atoms with Crippen LogP contribution >= 0.6 is 0 Å². The number of hydrogen-bond donors (Lipinski definition) is 1. The van der Waals surface area contributed by atoms with Gasteiger partial charge >= 0.3 is 0 Å². The van der Waals surface area contributed by atoms with Gasteiger partial charge in [-0.3, -0.25) is 4.79 Å². The van der Waals surface area contributed by atoms with E-state index in [1.54, 1.807) is 0 Å². The highest BCUT2D eigenvalue weighted by molar-refractivity contribution is 5.96. The summed E-state index contributed by atoms with van der Waals surface area (Å²) in [5.41, 5.74) is 3.73. The Hall–Kier alpha value is -1.77. The van der Waals surface area contributed by atoms with Crippen molar-refractivity contribution < 1.29 is 4.79 Å². The highest BCUT2D eigenvalue weighted by atomic mass is 16.2. The van der Waals surface area contributed by atoms with Gasteiger partial charge < -0.3 is 10.2 Å². The second kappa shape index (κ2) is 5.25. The maximum Gasteiger partial charge on any atom is 0.254 e. The largest absolute Gasteiger partial charge is 0.388 e. The van der Waals surface area contributed by atoms with E-state index < -0.39 is 0 Å². The van der Waals surface area contributed by atoms with Crippen LogP contribution < -0.4 is 5.32 Å². The van der Waals surface area contributed by atoms with E-state index in [-0.39, 0.29) is 5.91 Å². The van der Waals surface area contributed by atoms with E-state index in [9.17, 15) is 4.79 Å². The fraction of sp³-hybridized carbons (Fsp3) is 0.400. The van der Waals surface area contributed by atoms with Crippen LogP contribution in [0.5, 0.6) is 0 Å². The van der Waals surface area contributed by atoms with E-state index >= 15 is 0 Å². The van der Waals surface area contributed by atoms with Crippen molar-refractivity contribution in [2.24, 2.45) is 0 Å². The fourth-order valence-electron chi connectivity index (χ4n) is 2.33. The zero-order valence-electron chi connectivity index (χ0n) is 11.1. The predicted octanol–water partition coefficient (Wildman–Crippen LogP) is 2.42. The molecule has 1 aromatic carbocycles. The van der Waals surface area contributed by atoms with Crippen molar-refractivity contribution in [2.75, 3.05) is 20.1 Å². The van der Waals surface area contributed by atoms with Gasteiger partial charge in [0.05, 0.1) is 0 Å². The quantitative estimate of drug-likeness (QED) is 0.885. The molecule has 1 aliphatic rings. The van der Waals surface area contributed by atoms with Crippen molar-refractivity contribution in [3.8, 4) is 0 Å². The zero-order chi connectivity index (χ0) is 13.1. The van der Waals surface area contributed by atoms with Crippen LogP contribution in [-0.4, -0.2) is 30.9 Å². The molecule has 0 radical (unpaired) electrons. The minimum Gasteiger partial charge on any atom is -0.388 e. The summed E-state index contributed by atoms with van der Waals surface area (Å²) in [6.07, 6.45) is 2.25. The first kappa shape index (κ1) is 12.7. The number of aryl methyl sites for hydroxylation is 1. The van der Waals surface area contributed by atoms with Gasteiger partial charge in [0.15, 0.2) is 0 Å². The van der Waals surface area contributed by atoms with E-state index in [2.05, 4.69) is 11.9 Å². The lowest BCUT2D eigenvalue weighted by Gasteiger charge is -2.17. The average Bonchev–Trinajstić information content (AvgIpc) is 2.90. The summed E-state index contributed by atoms with van der Waals surface area (Å²) in [6.45, 7) is 7.70. The minimum absolute atomic E-state index is 0.159. The van der Waals surface area contributed by atoms with Gasteiger partial charge in [-0.05, 0) is 43.0 Å². The Kier molecular flexibility index (Phi) is 3.70. The van der Waals surface area contributed by atoms with Crippen LogP contribution in [0.2, 0.25) is 0 Å². The lowest BCUT2D eigenvalue weighted by Crippen LogP contribution is -2.28. The number of carbonyl (C=O) groups excluding carboxylic acids is 1. The number of benzene rings is 1. The van der Waals surface area contributed by atoms with Crippen LogP contribution in [-0.2, 0) is 0 Å². The number of rotatable bonds is 3. The predicted molar refractivity (Wildman–Crippen MR) is 74.4 cm³/mol. The molecule has 1 heterocycles. The number of nitrogens with zero attached hydrogens (tertiary/aromatic N) is 1. The molecule has 0 saturated carbocycles. The van der Waals surface area contributed by atoms with Crippen LogP contribution in [0.4, 0.5) is 0 Å². The zero-order valence-corrected chi connectivity index (χ0v) is 11.1. The van der Waals surface area contributed by atoms with E-state index in [1.165, 1.54) is 0 Å². The van der Waals surface area contributed by atoms with Gasteiger partial charge in [-0.2, -0.15) is 0 Å². The van der Waals surface area contributed by atoms with Crippen molar-refractivity contribution in [1.82, 2.24) is 10.2 Å². The normalized spacial score (nSPS) is 14.7. The molecule has 1 fully saturated rings. The topological polar surface area (TPSA) is 32.3 Å². The van der Waals surface area contributed by atoms with Crippen LogP contribution in [0, 0.1) is 6.92 Å². The summed E-state index contributed by atoms with van der Waals surface area (Å²) in [5.74, 6) is 0.159. The van der Waals surface area contributed by atoms with E-state index in [1.807, 2.05) is 37.1 Å². The third kappa shape index (κ3) is 2.40. The number of nitrogens with one attached hydrogen (secondary N) is 1. The monoisotopic (exact) mass is 244 g/mol. The minimum atomic E-state index is 0.159. The number of hydrogen-bond acceptors (Lipinski definition) is 2. The molecule has 1 N–H and O–H groups in total. The van der Waals surface area contributed by atoms with Crippen molar-refractivity contribution in [1.29, 1.82) is 0 Å². The molecule has 1 aliphatic heterocycles. The Morgan fingerprint density at radius 2 is 2.00 bits per heavy atom. The molecule has 0 aromatic heterocycles. The third-order valence-electron chi connectivity index (χ3n) is 3.50. The van der Waals surface area contributed by atoms with Gasteiger partial charge in [0.1, 0.15) is 0 Å². The summed E-state index contributed by atoms with van der Waals surface area (Å²) < 4.78 is 0. The smallest absolute Gasteiger partial charge is 0.254 e. The highest BCUT2D eigenvalue weighted by Gasteiger charge is 2.20. The molecule has 2 rings (SSSR count). The molecule has 3 heteroatoms. The van der Waals surface area contributed by atoms with Crippen molar-refractivity contribution in [2.45, 2.75) is 19.8 Å². The van der Waals surface area contributed by atoms with Gasteiger partial charge in [-0.15, -0.1) is 0 Å². The first-order valence-electron chi connectivity index (χ1n) is 6.40. The molecule has 96 valence electrons. The first-order chi connectivity index (χ1) is 8.63. The van der Waals surface area contributed by atoms with Crippen molar-refractivity contribution in [3.63, 3.8) is 0 Å². The molecule has 3 nitrogen and oxygen atoms in total. The van der Waals surface area contributed by atoms with E-state index in [0.717, 1.165) is 48.3 Å². The van der Waals surface area contributed by atoms with Gasteiger partial charge in [0.25, 0.3) is 5.91 Å². The Morgan fingerprint density at radius 1 is 1.33 bits per heavy atom. The second-order valence-electron chi connectivity index (χ2n) is 4.76. The lowest BCUT2D eigenvalue weighted by molar-refractivity contribution is 0.0792. The third-order valence-corrected chi connectivity index (χ3v) is 3.50. The molecule has 0 unspecified atom stereocenters. The number of carbonyl (C=O) groups is 1. The number of likely N-dealkylation sites (tertiary alicyclic amines) is 1. The maximum atomic E-state index is 12.3. The molecular formula is C15H20N2O. The molecule has 0 aliphatic carbocycles. The Morgan fingerprint density at radius 3 is 2.56 bits per heavy atom. The summed E-state index contributed by atoms with van der Waals surface area (Å²) >= 11 is 0. The molecule has 0 bridgehead atoms. The number of amides is 1. The SMILES string of the molecule is C=C(NC)c1ccc(C(=O)N2CCCC2)c(C)c1. The van der Waals surface area contributed by atoms with Crippen LogP contribution in [0.25, 0.3) is 5.70 Å². The van der Waals surface area contributed by atoms with Crippen molar-refractivity contribution in [3.05, 3.63) is 41.5 Å². The van der Waals surface area contributed by atoms with Crippen molar-refractivity contribution >= 4 is 11.6 Å². The summed E-state index contributed by atoms with van der Waals surface area (Å²) in [5, 5.41) is 3.02. The maximum absolute atomic E-state index is 12.3. The lowest BCUT2D eigenvalue weighted by atomic mass is 10.0. The summed E-state index contributed by atoms with van der Waals surface area (Å²) in [7, 11) is 1.85. The molecule has 1 aromatic rings. The average molecular weight is 244 g/mol. The molecule has 0 spiro atoms. The Balaban J connectivity index is 2.24. The van der Waals surface area contributed by atoms with Crippen LogP contribution in [0.1, 0.15) is 34.3 Å². The fourth-order valence-corrected chi connectivity index (χ4v) is 2.33. The Bertz CT molecular complexity index is 473. The summed E-state index contributed by atoms with van der Waals surface area (Å²) in [4.78, 5) is 14.2. The summed E-state index contributed by atoms with van der Waals surface area (Å²) in [6, 6.07) is 5.88.